The molecule has 0 spiro atoms. The van der Waals surface area contributed by atoms with Crippen molar-refractivity contribution in [1.82, 2.24) is 10.2 Å². The normalized spacial score (nSPS) is 14.6. The number of amides is 3. The van der Waals surface area contributed by atoms with Crippen molar-refractivity contribution in [3.63, 3.8) is 0 Å². The Morgan fingerprint density at radius 2 is 1.67 bits per heavy atom. The number of rotatable bonds is 6. The van der Waals surface area contributed by atoms with Gasteiger partial charge in [0.05, 0.1) is 19.9 Å². The van der Waals surface area contributed by atoms with Crippen LogP contribution in [0.3, 0.4) is 0 Å². The lowest BCUT2D eigenvalue weighted by molar-refractivity contribution is -0.117. The standard InChI is InChI=1S/C22H28N4O4/c1-16(21(27)24-19-15-18(29-2)9-10-20(19)30-3)23-22(28)26-13-11-25(12-14-26)17-7-5-4-6-8-17/h4-10,15-16H,11-14H2,1-3H3,(H,23,28)(H,24,27). The van der Waals surface area contributed by atoms with Crippen LogP contribution in [-0.2, 0) is 4.79 Å². The van der Waals surface area contributed by atoms with Gasteiger partial charge in [-0.05, 0) is 31.2 Å². The Morgan fingerprint density at radius 3 is 2.30 bits per heavy atom. The molecule has 1 fully saturated rings. The molecule has 2 N–H and O–H groups in total. The number of ether oxygens (including phenoxy) is 2. The molecule has 1 aliphatic heterocycles. The molecule has 160 valence electrons. The van der Waals surface area contributed by atoms with Gasteiger partial charge in [-0.25, -0.2) is 4.79 Å². The fraction of sp³-hybridized carbons (Fsp3) is 0.364. The van der Waals surface area contributed by atoms with Gasteiger partial charge >= 0.3 is 6.03 Å². The molecule has 2 aromatic carbocycles. The van der Waals surface area contributed by atoms with Gasteiger partial charge in [0.15, 0.2) is 0 Å². The number of hydrogen-bond acceptors (Lipinski definition) is 5. The minimum atomic E-state index is -0.708. The minimum Gasteiger partial charge on any atom is -0.497 e. The van der Waals surface area contributed by atoms with Crippen molar-refractivity contribution in [2.24, 2.45) is 0 Å². The van der Waals surface area contributed by atoms with Crippen LogP contribution in [0.15, 0.2) is 48.5 Å². The first kappa shape index (κ1) is 21.3. The molecule has 3 amide bonds. The van der Waals surface area contributed by atoms with Gasteiger partial charge in [-0.2, -0.15) is 0 Å². The Morgan fingerprint density at radius 1 is 0.967 bits per heavy atom. The maximum absolute atomic E-state index is 12.6. The highest BCUT2D eigenvalue weighted by Gasteiger charge is 2.24. The van der Waals surface area contributed by atoms with Crippen molar-refractivity contribution in [2.45, 2.75) is 13.0 Å². The lowest BCUT2D eigenvalue weighted by Crippen LogP contribution is -2.54. The Bertz CT molecular complexity index is 867. The molecule has 8 nitrogen and oxygen atoms in total. The van der Waals surface area contributed by atoms with Crippen LogP contribution in [0.2, 0.25) is 0 Å². The third-order valence-corrected chi connectivity index (χ3v) is 5.09. The molecule has 1 atom stereocenters. The highest BCUT2D eigenvalue weighted by molar-refractivity contribution is 5.98. The summed E-state index contributed by atoms with van der Waals surface area (Å²) in [5.74, 6) is 0.775. The number of nitrogens with one attached hydrogen (secondary N) is 2. The molecule has 30 heavy (non-hydrogen) atoms. The monoisotopic (exact) mass is 412 g/mol. The van der Waals surface area contributed by atoms with Crippen LogP contribution in [0.5, 0.6) is 11.5 Å². The molecule has 1 aliphatic rings. The van der Waals surface area contributed by atoms with Gasteiger partial charge < -0.3 is 29.9 Å². The number of carbonyl (C=O) groups is 2. The number of methoxy groups -OCH3 is 2. The summed E-state index contributed by atoms with van der Waals surface area (Å²) in [7, 11) is 3.07. The quantitative estimate of drug-likeness (QED) is 0.762. The largest absolute Gasteiger partial charge is 0.497 e. The highest BCUT2D eigenvalue weighted by Crippen LogP contribution is 2.29. The summed E-state index contributed by atoms with van der Waals surface area (Å²) in [5.41, 5.74) is 1.64. The predicted octanol–water partition coefficient (Wildman–Crippen LogP) is 2.56. The number of para-hydroxylation sites is 1. The van der Waals surface area contributed by atoms with E-state index < -0.39 is 6.04 Å². The van der Waals surface area contributed by atoms with E-state index in [4.69, 9.17) is 9.47 Å². The van der Waals surface area contributed by atoms with Crippen LogP contribution < -0.4 is 25.0 Å². The van der Waals surface area contributed by atoms with Crippen molar-refractivity contribution in [1.29, 1.82) is 0 Å². The van der Waals surface area contributed by atoms with Crippen molar-refractivity contribution >= 4 is 23.3 Å². The van der Waals surface area contributed by atoms with Gasteiger partial charge in [-0.15, -0.1) is 0 Å². The number of carbonyl (C=O) groups excluding carboxylic acids is 2. The number of nitrogens with zero attached hydrogens (tertiary/aromatic N) is 2. The Kier molecular flexibility index (Phi) is 7.00. The molecule has 0 saturated carbocycles. The zero-order valence-corrected chi connectivity index (χ0v) is 17.6. The molecule has 3 rings (SSSR count). The second-order valence-corrected chi connectivity index (χ2v) is 7.04. The SMILES string of the molecule is COc1ccc(OC)c(NC(=O)C(C)NC(=O)N2CCN(c3ccccc3)CC2)c1. The summed E-state index contributed by atoms with van der Waals surface area (Å²) in [5, 5.41) is 5.56. The van der Waals surface area contributed by atoms with Crippen LogP contribution in [0.1, 0.15) is 6.92 Å². The van der Waals surface area contributed by atoms with Crippen LogP contribution in [0.25, 0.3) is 0 Å². The first-order chi connectivity index (χ1) is 14.5. The zero-order chi connectivity index (χ0) is 21.5. The van der Waals surface area contributed by atoms with E-state index in [0.717, 1.165) is 18.8 Å². The third-order valence-electron chi connectivity index (χ3n) is 5.09. The highest BCUT2D eigenvalue weighted by atomic mass is 16.5. The maximum Gasteiger partial charge on any atom is 0.318 e. The summed E-state index contributed by atoms with van der Waals surface area (Å²) < 4.78 is 10.5. The number of anilines is 2. The molecule has 8 heteroatoms. The van der Waals surface area contributed by atoms with E-state index in [1.54, 1.807) is 37.1 Å². The van der Waals surface area contributed by atoms with Gasteiger partial charge in [0, 0.05) is 37.9 Å². The number of piperazine rings is 1. The van der Waals surface area contributed by atoms with E-state index in [0.29, 0.717) is 30.3 Å². The lowest BCUT2D eigenvalue weighted by Gasteiger charge is -2.36. The second kappa shape index (κ2) is 9.87. The number of hydrogen-bond donors (Lipinski definition) is 2. The van der Waals surface area contributed by atoms with Gasteiger partial charge in [0.2, 0.25) is 5.91 Å². The zero-order valence-electron chi connectivity index (χ0n) is 17.6. The summed E-state index contributed by atoms with van der Waals surface area (Å²) in [6.07, 6.45) is 0. The Hall–Kier alpha value is -3.42. The van der Waals surface area contributed by atoms with E-state index in [1.807, 2.05) is 18.2 Å². The summed E-state index contributed by atoms with van der Waals surface area (Å²) in [6.45, 7) is 4.34. The lowest BCUT2D eigenvalue weighted by atomic mass is 10.2. The molecular weight excluding hydrogens is 384 g/mol. The predicted molar refractivity (Wildman–Crippen MR) is 116 cm³/mol. The molecule has 0 bridgehead atoms. The fourth-order valence-electron chi connectivity index (χ4n) is 3.30. The number of urea groups is 1. The van der Waals surface area contributed by atoms with Crippen molar-refractivity contribution < 1.29 is 19.1 Å². The molecule has 1 saturated heterocycles. The summed E-state index contributed by atoms with van der Waals surface area (Å²) in [4.78, 5) is 29.2. The van der Waals surface area contributed by atoms with Gasteiger partial charge in [0.25, 0.3) is 0 Å². The van der Waals surface area contributed by atoms with Crippen LogP contribution in [0, 0.1) is 0 Å². The number of benzene rings is 2. The van der Waals surface area contributed by atoms with Crippen LogP contribution in [-0.4, -0.2) is 63.3 Å². The minimum absolute atomic E-state index is 0.247. The van der Waals surface area contributed by atoms with Crippen molar-refractivity contribution in [3.8, 4) is 11.5 Å². The molecule has 2 aromatic rings. The summed E-state index contributed by atoms with van der Waals surface area (Å²) in [6, 6.07) is 14.3. The molecule has 1 unspecified atom stereocenters. The van der Waals surface area contributed by atoms with Crippen molar-refractivity contribution in [3.05, 3.63) is 48.5 Å². The Balaban J connectivity index is 1.53. The van der Waals surface area contributed by atoms with E-state index in [-0.39, 0.29) is 11.9 Å². The van der Waals surface area contributed by atoms with Crippen molar-refractivity contribution in [2.75, 3.05) is 50.6 Å². The second-order valence-electron chi connectivity index (χ2n) is 7.04. The van der Waals surface area contributed by atoms with Gasteiger partial charge in [-0.1, -0.05) is 18.2 Å². The average Bonchev–Trinajstić information content (AvgIpc) is 2.79. The van der Waals surface area contributed by atoms with Crippen LogP contribution in [0.4, 0.5) is 16.2 Å². The molecule has 0 aromatic heterocycles. The molecule has 1 heterocycles. The first-order valence-corrected chi connectivity index (χ1v) is 9.90. The molecule has 0 radical (unpaired) electrons. The molecular formula is C22H28N4O4. The first-order valence-electron chi connectivity index (χ1n) is 9.90. The molecule has 0 aliphatic carbocycles. The van der Waals surface area contributed by atoms with Gasteiger partial charge in [-0.3, -0.25) is 4.79 Å². The van der Waals surface area contributed by atoms with Gasteiger partial charge in [0.1, 0.15) is 17.5 Å². The fourth-order valence-corrected chi connectivity index (χ4v) is 3.30. The van der Waals surface area contributed by atoms with E-state index >= 15 is 0 Å². The summed E-state index contributed by atoms with van der Waals surface area (Å²) >= 11 is 0. The van der Waals surface area contributed by atoms with E-state index in [2.05, 4.69) is 27.7 Å². The van der Waals surface area contributed by atoms with Crippen LogP contribution >= 0.6 is 0 Å². The van der Waals surface area contributed by atoms with E-state index in [9.17, 15) is 9.59 Å². The average molecular weight is 412 g/mol. The Labute approximate surface area is 176 Å². The maximum atomic E-state index is 12.6. The van der Waals surface area contributed by atoms with E-state index in [1.165, 1.54) is 7.11 Å². The third kappa shape index (κ3) is 5.14. The topological polar surface area (TPSA) is 83.1 Å². The smallest absolute Gasteiger partial charge is 0.318 e.